The van der Waals surface area contributed by atoms with E-state index >= 15 is 0 Å². The molecule has 0 saturated heterocycles. The van der Waals surface area contributed by atoms with Crippen LogP contribution in [0.15, 0.2) is 58.7 Å². The van der Waals surface area contributed by atoms with E-state index in [1.165, 1.54) is 10.5 Å². The number of thiol groups is 1. The topological polar surface area (TPSA) is 0 Å². The highest BCUT2D eigenvalue weighted by atomic mass is 32.2. The monoisotopic (exact) mass is 188 g/mol. The minimum atomic E-state index is -0.199. The van der Waals surface area contributed by atoms with E-state index < -0.39 is 0 Å². The molecule has 0 aromatic heterocycles. The van der Waals surface area contributed by atoms with Crippen molar-refractivity contribution in [3.63, 3.8) is 0 Å². The maximum atomic E-state index is 3.83. The third-order valence-corrected chi connectivity index (χ3v) is 3.99. The van der Waals surface area contributed by atoms with E-state index in [1.54, 1.807) is 0 Å². The van der Waals surface area contributed by atoms with Gasteiger partial charge < -0.3 is 0 Å². The second-order valence-electron chi connectivity index (χ2n) is 2.85. The van der Waals surface area contributed by atoms with E-state index in [0.717, 1.165) is 0 Å². The van der Waals surface area contributed by atoms with Crippen molar-refractivity contribution in [1.29, 1.82) is 0 Å². The molecule has 1 aliphatic rings. The van der Waals surface area contributed by atoms with Gasteiger partial charge in [-0.2, -0.15) is 10.9 Å². The highest BCUT2D eigenvalue weighted by Crippen LogP contribution is 2.43. The fourth-order valence-electron chi connectivity index (χ4n) is 1.39. The minimum Gasteiger partial charge on any atom is -0.186 e. The Balaban J connectivity index is 2.43. The summed E-state index contributed by atoms with van der Waals surface area (Å²) >= 11 is 0. The smallest absolute Gasteiger partial charge is 0.00174 e. The molecule has 1 aromatic carbocycles. The summed E-state index contributed by atoms with van der Waals surface area (Å²) in [6.45, 7) is 3.83. The van der Waals surface area contributed by atoms with Crippen molar-refractivity contribution in [1.82, 2.24) is 0 Å². The average Bonchev–Trinajstić information content (AvgIpc) is 2.70. The summed E-state index contributed by atoms with van der Waals surface area (Å²) < 4.78 is 0. The van der Waals surface area contributed by atoms with Crippen LogP contribution in [0.2, 0.25) is 0 Å². The van der Waals surface area contributed by atoms with Crippen LogP contribution in [0.1, 0.15) is 5.56 Å². The Hall–Kier alpha value is -1.21. The molecule has 0 radical (unpaired) electrons. The molecular formula is C12H12S. The van der Waals surface area contributed by atoms with E-state index in [1.807, 2.05) is 6.08 Å². The molecule has 0 atom stereocenters. The summed E-state index contributed by atoms with van der Waals surface area (Å²) in [4.78, 5) is 1.40. The second kappa shape index (κ2) is 3.67. The molecule has 0 bridgehead atoms. The van der Waals surface area contributed by atoms with Crippen molar-refractivity contribution >= 4 is 17.0 Å². The summed E-state index contributed by atoms with van der Waals surface area (Å²) in [5.41, 5.74) is 1.25. The molecule has 0 nitrogen and oxygen atoms in total. The number of rotatable bonds is 2. The van der Waals surface area contributed by atoms with Crippen LogP contribution in [0.4, 0.5) is 0 Å². The number of allylic oxidation sites excluding steroid dienone is 2. The highest BCUT2D eigenvalue weighted by molar-refractivity contribution is 8.22. The van der Waals surface area contributed by atoms with Gasteiger partial charge in [0.25, 0.3) is 0 Å². The Morgan fingerprint density at radius 2 is 1.77 bits per heavy atom. The Bertz CT molecular complexity index is 362. The molecule has 2 rings (SSSR count). The number of benzene rings is 1. The number of hydrogen-bond acceptors (Lipinski definition) is 0. The Morgan fingerprint density at radius 1 is 1.08 bits per heavy atom. The Kier molecular flexibility index (Phi) is 2.37. The predicted octanol–water partition coefficient (Wildman–Crippen LogP) is 3.73. The summed E-state index contributed by atoms with van der Waals surface area (Å²) in [5, 5.41) is 4.52. The lowest BCUT2D eigenvalue weighted by atomic mass is 10.2. The van der Waals surface area contributed by atoms with Gasteiger partial charge in [-0.3, -0.25) is 0 Å². The van der Waals surface area contributed by atoms with Crippen molar-refractivity contribution in [2.24, 2.45) is 0 Å². The minimum absolute atomic E-state index is 0.199. The van der Waals surface area contributed by atoms with Gasteiger partial charge >= 0.3 is 0 Å². The Labute approximate surface area is 81.6 Å². The van der Waals surface area contributed by atoms with Gasteiger partial charge in [-0.1, -0.05) is 43.0 Å². The molecule has 0 spiro atoms. The molecular weight excluding hydrogens is 176 g/mol. The van der Waals surface area contributed by atoms with Gasteiger partial charge in [0.1, 0.15) is 0 Å². The van der Waals surface area contributed by atoms with Gasteiger partial charge in [-0.25, -0.2) is 0 Å². The van der Waals surface area contributed by atoms with E-state index in [4.69, 9.17) is 0 Å². The van der Waals surface area contributed by atoms with Crippen LogP contribution >= 0.6 is 10.9 Å². The zero-order chi connectivity index (χ0) is 9.10. The summed E-state index contributed by atoms with van der Waals surface area (Å²) in [6, 6.07) is 8.44. The van der Waals surface area contributed by atoms with E-state index in [0.29, 0.717) is 0 Å². The van der Waals surface area contributed by atoms with Crippen molar-refractivity contribution in [3.8, 4) is 0 Å². The van der Waals surface area contributed by atoms with Crippen molar-refractivity contribution in [3.05, 3.63) is 59.4 Å². The lowest BCUT2D eigenvalue weighted by Crippen LogP contribution is -1.80. The first-order chi connectivity index (χ1) is 6.42. The molecule has 0 aliphatic carbocycles. The fraction of sp³-hybridized carbons (Fsp3) is 0. The third-order valence-electron chi connectivity index (χ3n) is 2.04. The second-order valence-corrected chi connectivity index (χ2v) is 4.75. The van der Waals surface area contributed by atoms with Gasteiger partial charge in [-0.15, -0.1) is 0 Å². The summed E-state index contributed by atoms with van der Waals surface area (Å²) in [6.07, 6.45) is 6.16. The van der Waals surface area contributed by atoms with Crippen LogP contribution in [-0.2, 0) is 0 Å². The molecule has 0 fully saturated rings. The largest absolute Gasteiger partial charge is 0.186 e. The molecule has 13 heavy (non-hydrogen) atoms. The van der Waals surface area contributed by atoms with Crippen LogP contribution in [0.3, 0.4) is 0 Å². The first-order valence-electron chi connectivity index (χ1n) is 4.26. The molecule has 66 valence electrons. The van der Waals surface area contributed by atoms with E-state index in [-0.39, 0.29) is 10.9 Å². The lowest BCUT2D eigenvalue weighted by Gasteiger charge is -2.13. The van der Waals surface area contributed by atoms with Crippen LogP contribution in [0.5, 0.6) is 0 Å². The van der Waals surface area contributed by atoms with Crippen molar-refractivity contribution in [2.45, 2.75) is 4.90 Å². The normalized spacial score (nSPS) is 16.5. The average molecular weight is 188 g/mol. The van der Waals surface area contributed by atoms with Crippen molar-refractivity contribution < 1.29 is 0 Å². The third kappa shape index (κ3) is 1.61. The Morgan fingerprint density at radius 3 is 2.46 bits per heavy atom. The maximum absolute atomic E-state index is 3.83. The maximum Gasteiger partial charge on any atom is 0.00174 e. The quantitative estimate of drug-likeness (QED) is 0.672. The molecule has 0 unspecified atom stereocenters. The van der Waals surface area contributed by atoms with Gasteiger partial charge in [0.2, 0.25) is 0 Å². The van der Waals surface area contributed by atoms with Gasteiger partial charge in [-0.05, 0) is 22.4 Å². The van der Waals surface area contributed by atoms with Crippen molar-refractivity contribution in [2.75, 3.05) is 0 Å². The lowest BCUT2D eigenvalue weighted by molar-refractivity contribution is 1.43. The molecule has 1 heterocycles. The predicted molar refractivity (Wildman–Crippen MR) is 62.1 cm³/mol. The molecule has 0 saturated carbocycles. The van der Waals surface area contributed by atoms with Crippen LogP contribution < -0.4 is 0 Å². The number of hydrogen-bond donors (Lipinski definition) is 1. The summed E-state index contributed by atoms with van der Waals surface area (Å²) in [5.74, 6) is 0. The van der Waals surface area contributed by atoms with Gasteiger partial charge in [0, 0.05) is 4.90 Å². The molecule has 0 N–H and O–H groups in total. The zero-order valence-corrected chi connectivity index (χ0v) is 8.24. The summed E-state index contributed by atoms with van der Waals surface area (Å²) in [7, 11) is -0.199. The van der Waals surface area contributed by atoms with Gasteiger partial charge in [0.05, 0.1) is 0 Å². The SMILES string of the molecule is C=Cc1ccccc1[SH]1C=CC=C1. The highest BCUT2D eigenvalue weighted by Gasteiger charge is 2.05. The van der Waals surface area contributed by atoms with Gasteiger partial charge in [0.15, 0.2) is 0 Å². The molecule has 1 heteroatoms. The standard InChI is InChI=1S/C12H12S/c1-2-11-7-3-4-8-12(11)13-9-5-6-10-13/h2-10,13H,1H2. The van der Waals surface area contributed by atoms with Crippen LogP contribution in [-0.4, -0.2) is 0 Å². The first-order valence-corrected chi connectivity index (χ1v) is 5.74. The fourth-order valence-corrected chi connectivity index (χ4v) is 3.10. The van der Waals surface area contributed by atoms with E-state index in [2.05, 4.69) is 53.8 Å². The molecule has 1 aliphatic heterocycles. The zero-order valence-electron chi connectivity index (χ0n) is 7.35. The molecule has 0 amide bonds. The first kappa shape index (κ1) is 8.39. The van der Waals surface area contributed by atoms with Crippen LogP contribution in [0.25, 0.3) is 6.08 Å². The van der Waals surface area contributed by atoms with Crippen LogP contribution in [0, 0.1) is 0 Å². The van der Waals surface area contributed by atoms with E-state index in [9.17, 15) is 0 Å². The molecule has 1 aromatic rings.